The largest absolute Gasteiger partial charge is 0.477 e. The highest BCUT2D eigenvalue weighted by atomic mass is 32.1. The Morgan fingerprint density at radius 3 is 2.46 bits per heavy atom. The molecule has 9 heteroatoms. The van der Waals surface area contributed by atoms with Gasteiger partial charge in [0.1, 0.15) is 16.4 Å². The lowest BCUT2D eigenvalue weighted by atomic mass is 10.2. The molecule has 0 saturated carbocycles. The van der Waals surface area contributed by atoms with Crippen LogP contribution in [0.1, 0.15) is 17.4 Å². The number of carboxylic acid groups (broad SMARTS) is 1. The summed E-state index contributed by atoms with van der Waals surface area (Å²) < 4.78 is 0. The molecule has 0 saturated heterocycles. The molecule has 0 aliphatic rings. The summed E-state index contributed by atoms with van der Waals surface area (Å²) in [6.07, 6.45) is 1.22. The van der Waals surface area contributed by atoms with Gasteiger partial charge in [0.15, 0.2) is 0 Å². The SMILES string of the molecule is C=C(NC(=O)c1csc(-c2ccc(N)cc2)n1)C(=O)NC(=CC)C(=O)O. The van der Waals surface area contributed by atoms with E-state index in [1.807, 2.05) is 0 Å². The number of allylic oxidation sites excluding steroid dienone is 1. The first kappa shape index (κ1) is 18.9. The van der Waals surface area contributed by atoms with E-state index < -0.39 is 17.8 Å². The van der Waals surface area contributed by atoms with E-state index >= 15 is 0 Å². The van der Waals surface area contributed by atoms with Crippen molar-refractivity contribution in [3.8, 4) is 10.6 Å². The first-order valence-corrected chi connectivity index (χ1v) is 8.22. The molecule has 0 spiro atoms. The van der Waals surface area contributed by atoms with Crippen molar-refractivity contribution >= 4 is 34.8 Å². The van der Waals surface area contributed by atoms with E-state index in [9.17, 15) is 14.4 Å². The van der Waals surface area contributed by atoms with Crippen LogP contribution in [0.2, 0.25) is 0 Å². The van der Waals surface area contributed by atoms with Gasteiger partial charge in [0.25, 0.3) is 11.8 Å². The number of hydrogen-bond donors (Lipinski definition) is 4. The van der Waals surface area contributed by atoms with E-state index in [0.29, 0.717) is 10.7 Å². The summed E-state index contributed by atoms with van der Waals surface area (Å²) in [7, 11) is 0. The van der Waals surface area contributed by atoms with E-state index in [4.69, 9.17) is 10.8 Å². The second-order valence-corrected chi connectivity index (χ2v) is 5.91. The third kappa shape index (κ3) is 4.54. The van der Waals surface area contributed by atoms with Crippen molar-refractivity contribution in [1.29, 1.82) is 0 Å². The molecule has 2 rings (SSSR count). The molecule has 2 aromatic rings. The van der Waals surface area contributed by atoms with E-state index in [2.05, 4.69) is 22.2 Å². The highest BCUT2D eigenvalue weighted by Crippen LogP contribution is 2.24. The molecule has 0 fully saturated rings. The summed E-state index contributed by atoms with van der Waals surface area (Å²) in [6.45, 7) is 4.90. The van der Waals surface area contributed by atoms with Gasteiger partial charge in [-0.25, -0.2) is 9.78 Å². The lowest BCUT2D eigenvalue weighted by molar-refractivity contribution is -0.134. The molecule has 0 bridgehead atoms. The Kier molecular flexibility index (Phi) is 5.86. The van der Waals surface area contributed by atoms with Crippen LogP contribution in [0.25, 0.3) is 10.6 Å². The van der Waals surface area contributed by atoms with Gasteiger partial charge in [-0.15, -0.1) is 11.3 Å². The van der Waals surface area contributed by atoms with Gasteiger partial charge in [-0.05, 0) is 31.2 Å². The average molecular weight is 372 g/mol. The fourth-order valence-corrected chi connectivity index (χ4v) is 2.65. The van der Waals surface area contributed by atoms with Crippen LogP contribution in [-0.4, -0.2) is 27.9 Å². The molecule has 0 aliphatic heterocycles. The molecule has 0 atom stereocenters. The Balaban J connectivity index is 2.03. The van der Waals surface area contributed by atoms with Crippen LogP contribution in [0.4, 0.5) is 5.69 Å². The van der Waals surface area contributed by atoms with Gasteiger partial charge in [-0.2, -0.15) is 0 Å². The quantitative estimate of drug-likeness (QED) is 0.451. The molecule has 1 aromatic heterocycles. The van der Waals surface area contributed by atoms with Gasteiger partial charge in [0.2, 0.25) is 0 Å². The number of nitrogens with two attached hydrogens (primary N) is 1. The molecule has 0 aliphatic carbocycles. The zero-order valence-corrected chi connectivity index (χ0v) is 14.6. The van der Waals surface area contributed by atoms with E-state index in [1.54, 1.807) is 29.6 Å². The van der Waals surface area contributed by atoms with E-state index in [0.717, 1.165) is 5.56 Å². The van der Waals surface area contributed by atoms with Crippen LogP contribution in [0, 0.1) is 0 Å². The number of thiazole rings is 1. The Morgan fingerprint density at radius 2 is 1.88 bits per heavy atom. The van der Waals surface area contributed by atoms with Gasteiger partial charge < -0.3 is 21.5 Å². The van der Waals surface area contributed by atoms with Crippen molar-refractivity contribution in [2.45, 2.75) is 6.92 Å². The molecule has 5 N–H and O–H groups in total. The highest BCUT2D eigenvalue weighted by Gasteiger charge is 2.18. The summed E-state index contributed by atoms with van der Waals surface area (Å²) in [4.78, 5) is 39.2. The minimum Gasteiger partial charge on any atom is -0.477 e. The van der Waals surface area contributed by atoms with Crippen LogP contribution in [0.15, 0.2) is 53.7 Å². The normalized spacial score (nSPS) is 10.9. The van der Waals surface area contributed by atoms with Gasteiger partial charge in [-0.3, -0.25) is 9.59 Å². The number of aromatic nitrogens is 1. The third-order valence-corrected chi connectivity index (χ3v) is 4.09. The number of rotatable bonds is 6. The monoisotopic (exact) mass is 372 g/mol. The molecule has 0 unspecified atom stereocenters. The number of carbonyl (C=O) groups is 3. The molecule has 0 radical (unpaired) electrons. The van der Waals surface area contributed by atoms with Gasteiger partial charge in [0, 0.05) is 16.6 Å². The van der Waals surface area contributed by atoms with Crippen molar-refractivity contribution in [1.82, 2.24) is 15.6 Å². The fraction of sp³-hybridized carbons (Fsp3) is 0.0588. The number of carbonyl (C=O) groups excluding carboxylic acids is 2. The van der Waals surface area contributed by atoms with Gasteiger partial charge in [0.05, 0.1) is 5.70 Å². The number of aliphatic carboxylic acids is 1. The number of hydrogen-bond acceptors (Lipinski definition) is 6. The van der Waals surface area contributed by atoms with Gasteiger partial charge >= 0.3 is 5.97 Å². The molecule has 1 aromatic carbocycles. The fourth-order valence-electron chi connectivity index (χ4n) is 1.84. The second-order valence-electron chi connectivity index (χ2n) is 5.05. The third-order valence-electron chi connectivity index (χ3n) is 3.20. The molecule has 134 valence electrons. The van der Waals surface area contributed by atoms with Crippen LogP contribution in [-0.2, 0) is 9.59 Å². The zero-order chi connectivity index (χ0) is 19.3. The number of nitrogens with one attached hydrogen (secondary N) is 2. The second kappa shape index (κ2) is 8.08. The summed E-state index contributed by atoms with van der Waals surface area (Å²) in [6, 6.07) is 7.02. The first-order valence-electron chi connectivity index (χ1n) is 7.34. The van der Waals surface area contributed by atoms with Crippen molar-refractivity contribution in [2.75, 3.05) is 5.73 Å². The topological polar surface area (TPSA) is 134 Å². The number of anilines is 1. The van der Waals surface area contributed by atoms with Crippen LogP contribution >= 0.6 is 11.3 Å². The van der Waals surface area contributed by atoms with Crippen molar-refractivity contribution in [3.63, 3.8) is 0 Å². The predicted molar refractivity (Wildman–Crippen MR) is 98.1 cm³/mol. The standard InChI is InChI=1S/C17H16N4O4S/c1-3-12(17(24)25)20-14(22)9(2)19-15(23)13-8-26-16(21-13)10-4-6-11(18)7-5-10/h3-8H,2,18H2,1H3,(H,19,23)(H,20,22)(H,24,25). The maximum Gasteiger partial charge on any atom is 0.352 e. The molecule has 8 nitrogen and oxygen atoms in total. The minimum atomic E-state index is -1.30. The highest BCUT2D eigenvalue weighted by molar-refractivity contribution is 7.13. The van der Waals surface area contributed by atoms with E-state index in [-0.39, 0.29) is 17.1 Å². The summed E-state index contributed by atoms with van der Waals surface area (Å²) in [5.74, 6) is -2.75. The van der Waals surface area contributed by atoms with E-state index in [1.165, 1.54) is 24.3 Å². The van der Waals surface area contributed by atoms with Crippen LogP contribution < -0.4 is 16.4 Å². The number of nitrogen functional groups attached to an aromatic ring is 1. The number of nitrogens with zero attached hydrogens (tertiary/aromatic N) is 1. The molecular weight excluding hydrogens is 356 g/mol. The Labute approximate surface area is 153 Å². The van der Waals surface area contributed by atoms with Crippen molar-refractivity contribution in [3.05, 3.63) is 59.4 Å². The summed E-state index contributed by atoms with van der Waals surface area (Å²) in [5, 5.41) is 15.5. The molecule has 2 amide bonds. The smallest absolute Gasteiger partial charge is 0.352 e. The summed E-state index contributed by atoms with van der Waals surface area (Å²) >= 11 is 1.26. The van der Waals surface area contributed by atoms with Crippen LogP contribution in [0.5, 0.6) is 0 Å². The Hall–Kier alpha value is -3.46. The zero-order valence-electron chi connectivity index (χ0n) is 13.8. The lowest BCUT2D eigenvalue weighted by Gasteiger charge is -2.08. The molecule has 1 heterocycles. The first-order chi connectivity index (χ1) is 12.3. The number of carboxylic acids is 1. The predicted octanol–water partition coefficient (Wildman–Crippen LogP) is 1.74. The number of benzene rings is 1. The summed E-state index contributed by atoms with van der Waals surface area (Å²) in [5.41, 5.74) is 6.56. The van der Waals surface area contributed by atoms with Gasteiger partial charge in [-0.1, -0.05) is 12.7 Å². The number of amides is 2. The molecular formula is C17H16N4O4S. The average Bonchev–Trinajstić information content (AvgIpc) is 3.09. The Morgan fingerprint density at radius 1 is 1.23 bits per heavy atom. The maximum atomic E-state index is 12.2. The molecule has 26 heavy (non-hydrogen) atoms. The maximum absolute atomic E-state index is 12.2. The lowest BCUT2D eigenvalue weighted by Crippen LogP contribution is -2.35. The van der Waals surface area contributed by atoms with Crippen molar-refractivity contribution in [2.24, 2.45) is 0 Å². The van der Waals surface area contributed by atoms with Crippen LogP contribution in [0.3, 0.4) is 0 Å². The minimum absolute atomic E-state index is 0.111. The Bertz CT molecular complexity index is 900. The van der Waals surface area contributed by atoms with Crippen molar-refractivity contribution < 1.29 is 19.5 Å².